The van der Waals surface area contributed by atoms with Crippen LogP contribution in [0.1, 0.15) is 63.9 Å². The van der Waals surface area contributed by atoms with Gasteiger partial charge in [-0.3, -0.25) is 0 Å². The molecule has 0 aromatic heterocycles. The first-order chi connectivity index (χ1) is 9.93. The summed E-state index contributed by atoms with van der Waals surface area (Å²) in [6.07, 6.45) is 12.2. The maximum Gasteiger partial charge on any atom is 0.161 e. The monoisotopic (exact) mass is 292 g/mol. The maximum absolute atomic E-state index is 5.62. The summed E-state index contributed by atoms with van der Waals surface area (Å²) in [5.41, 5.74) is 1.49. The van der Waals surface area contributed by atoms with Crippen LogP contribution in [0.25, 0.3) is 0 Å². The van der Waals surface area contributed by atoms with E-state index in [-0.39, 0.29) is 9.76 Å². The Balaban J connectivity index is 1.77. The predicted octanol–water partition coefficient (Wildman–Crippen LogP) is 4.89. The first-order valence-electron chi connectivity index (χ1n) is 8.55. The van der Waals surface area contributed by atoms with E-state index >= 15 is 0 Å². The summed E-state index contributed by atoms with van der Waals surface area (Å²) in [7, 11) is -0.177. The van der Waals surface area contributed by atoms with Crippen molar-refractivity contribution in [2.45, 2.75) is 70.8 Å². The largest absolute Gasteiger partial charge is 0.424 e. The van der Waals surface area contributed by atoms with Crippen LogP contribution in [0.4, 0.5) is 0 Å². The van der Waals surface area contributed by atoms with Crippen molar-refractivity contribution in [3.05, 3.63) is 35.9 Å². The Morgan fingerprint density at radius 2 is 1.50 bits per heavy atom. The lowest BCUT2D eigenvalue weighted by Crippen LogP contribution is -1.98. The number of hydrogen-bond acceptors (Lipinski definition) is 1. The van der Waals surface area contributed by atoms with Gasteiger partial charge in [-0.05, 0) is 30.9 Å². The Morgan fingerprint density at radius 3 is 2.20 bits per heavy atom. The van der Waals surface area contributed by atoms with Gasteiger partial charge in [0.15, 0.2) is 9.76 Å². The lowest BCUT2D eigenvalue weighted by atomic mass is 10.0. The SMILES string of the molecule is CCCO[SiH2]CCCCCCCCCc1ccccc1. The minimum Gasteiger partial charge on any atom is -0.424 e. The molecule has 0 aliphatic heterocycles. The number of aryl methyl sites for hydroxylation is 1. The van der Waals surface area contributed by atoms with Crippen molar-refractivity contribution in [2.75, 3.05) is 6.61 Å². The summed E-state index contributed by atoms with van der Waals surface area (Å²) in [5, 5.41) is 0. The second-order valence-corrected chi connectivity index (χ2v) is 7.20. The van der Waals surface area contributed by atoms with Gasteiger partial charge in [0.05, 0.1) is 0 Å². The molecule has 0 heterocycles. The van der Waals surface area contributed by atoms with Crippen molar-refractivity contribution in [2.24, 2.45) is 0 Å². The summed E-state index contributed by atoms with van der Waals surface area (Å²) in [4.78, 5) is 0. The molecule has 2 heteroatoms. The van der Waals surface area contributed by atoms with Crippen LogP contribution in [0, 0.1) is 0 Å². The first kappa shape index (κ1) is 17.4. The molecule has 20 heavy (non-hydrogen) atoms. The molecule has 0 unspecified atom stereocenters. The van der Waals surface area contributed by atoms with Crippen molar-refractivity contribution in [3.63, 3.8) is 0 Å². The zero-order valence-corrected chi connectivity index (χ0v) is 14.7. The molecule has 0 N–H and O–H groups in total. The van der Waals surface area contributed by atoms with Crippen molar-refractivity contribution in [3.8, 4) is 0 Å². The van der Waals surface area contributed by atoms with Crippen LogP contribution in [-0.4, -0.2) is 16.4 Å². The lowest BCUT2D eigenvalue weighted by molar-refractivity contribution is 0.334. The summed E-state index contributed by atoms with van der Waals surface area (Å²) in [5.74, 6) is 0. The van der Waals surface area contributed by atoms with E-state index < -0.39 is 0 Å². The summed E-state index contributed by atoms with van der Waals surface area (Å²) < 4.78 is 5.62. The fraction of sp³-hybridized carbons (Fsp3) is 0.667. The number of rotatable bonds is 13. The second-order valence-electron chi connectivity index (χ2n) is 5.68. The third-order valence-electron chi connectivity index (χ3n) is 3.70. The summed E-state index contributed by atoms with van der Waals surface area (Å²) in [6, 6.07) is 12.2. The Labute approximate surface area is 128 Å². The molecule has 1 rings (SSSR count). The smallest absolute Gasteiger partial charge is 0.161 e. The molecule has 0 fully saturated rings. The van der Waals surface area contributed by atoms with Gasteiger partial charge < -0.3 is 4.43 Å². The van der Waals surface area contributed by atoms with E-state index in [4.69, 9.17) is 4.43 Å². The minimum atomic E-state index is -0.177. The molecule has 0 saturated heterocycles. The third-order valence-corrected chi connectivity index (χ3v) is 5.06. The van der Waals surface area contributed by atoms with Gasteiger partial charge in [0.25, 0.3) is 0 Å². The quantitative estimate of drug-likeness (QED) is 0.371. The zero-order valence-electron chi connectivity index (χ0n) is 13.3. The van der Waals surface area contributed by atoms with Gasteiger partial charge in [-0.25, -0.2) is 0 Å². The van der Waals surface area contributed by atoms with Crippen LogP contribution in [-0.2, 0) is 10.8 Å². The standard InChI is InChI=1S/C18H32OSi/c1-2-16-19-20-17-12-7-5-3-4-6-9-13-18-14-10-8-11-15-18/h8,10-11,14-15H,2-7,9,12-13,16-17,20H2,1H3. The van der Waals surface area contributed by atoms with Crippen LogP contribution in [0.3, 0.4) is 0 Å². The summed E-state index contributed by atoms with van der Waals surface area (Å²) in [6.45, 7) is 3.18. The Hall–Kier alpha value is -0.603. The minimum absolute atomic E-state index is 0.177. The zero-order chi connectivity index (χ0) is 14.3. The molecule has 0 saturated carbocycles. The van der Waals surface area contributed by atoms with Gasteiger partial charge in [-0.15, -0.1) is 0 Å². The van der Waals surface area contributed by atoms with Crippen molar-refractivity contribution < 1.29 is 4.43 Å². The second kappa shape index (κ2) is 13.4. The molecule has 0 bridgehead atoms. The van der Waals surface area contributed by atoms with Crippen molar-refractivity contribution in [1.82, 2.24) is 0 Å². The van der Waals surface area contributed by atoms with Crippen LogP contribution < -0.4 is 0 Å². The van der Waals surface area contributed by atoms with Crippen molar-refractivity contribution >= 4 is 9.76 Å². The molecule has 0 aliphatic carbocycles. The summed E-state index contributed by atoms with van der Waals surface area (Å²) >= 11 is 0. The Kier molecular flexibility index (Phi) is 11.7. The van der Waals surface area contributed by atoms with E-state index in [0.717, 1.165) is 6.61 Å². The molecule has 0 amide bonds. The van der Waals surface area contributed by atoms with Gasteiger partial charge >= 0.3 is 0 Å². The number of benzene rings is 1. The molecule has 114 valence electrons. The van der Waals surface area contributed by atoms with E-state index in [2.05, 4.69) is 37.3 Å². The fourth-order valence-electron chi connectivity index (χ4n) is 2.48. The van der Waals surface area contributed by atoms with Gasteiger partial charge in [0, 0.05) is 6.61 Å². The van der Waals surface area contributed by atoms with E-state index in [1.54, 1.807) is 0 Å². The van der Waals surface area contributed by atoms with Crippen LogP contribution in [0.2, 0.25) is 6.04 Å². The van der Waals surface area contributed by atoms with Crippen molar-refractivity contribution in [1.29, 1.82) is 0 Å². The molecule has 0 aliphatic rings. The van der Waals surface area contributed by atoms with Crippen LogP contribution >= 0.6 is 0 Å². The van der Waals surface area contributed by atoms with Gasteiger partial charge in [-0.2, -0.15) is 0 Å². The highest BCUT2D eigenvalue weighted by Crippen LogP contribution is 2.11. The van der Waals surface area contributed by atoms with E-state index in [1.165, 1.54) is 69.4 Å². The van der Waals surface area contributed by atoms with E-state index in [0.29, 0.717) is 0 Å². The topological polar surface area (TPSA) is 9.23 Å². The van der Waals surface area contributed by atoms with E-state index in [1.807, 2.05) is 0 Å². The molecule has 0 spiro atoms. The molecule has 1 aromatic carbocycles. The van der Waals surface area contributed by atoms with Crippen LogP contribution in [0.5, 0.6) is 0 Å². The Morgan fingerprint density at radius 1 is 0.850 bits per heavy atom. The highest BCUT2D eigenvalue weighted by molar-refractivity contribution is 6.26. The molecule has 1 nitrogen and oxygen atoms in total. The van der Waals surface area contributed by atoms with Crippen LogP contribution in [0.15, 0.2) is 30.3 Å². The molecule has 0 radical (unpaired) electrons. The lowest BCUT2D eigenvalue weighted by Gasteiger charge is -2.03. The number of hydrogen-bond donors (Lipinski definition) is 0. The first-order valence-corrected chi connectivity index (χ1v) is 10.1. The molecular weight excluding hydrogens is 260 g/mol. The highest BCUT2D eigenvalue weighted by Gasteiger charge is 1.95. The Bertz CT molecular complexity index is 300. The predicted molar refractivity (Wildman–Crippen MR) is 92.1 cm³/mol. The average molecular weight is 293 g/mol. The number of unbranched alkanes of at least 4 members (excludes halogenated alkanes) is 6. The fourth-order valence-corrected chi connectivity index (χ4v) is 3.74. The normalized spacial score (nSPS) is 11.4. The molecular formula is C18H32OSi. The third kappa shape index (κ3) is 10.2. The van der Waals surface area contributed by atoms with Gasteiger partial charge in [0.2, 0.25) is 0 Å². The maximum atomic E-state index is 5.62. The van der Waals surface area contributed by atoms with E-state index in [9.17, 15) is 0 Å². The molecule has 0 atom stereocenters. The van der Waals surface area contributed by atoms with Gasteiger partial charge in [0.1, 0.15) is 0 Å². The average Bonchev–Trinajstić information content (AvgIpc) is 2.49. The molecule has 1 aromatic rings. The highest BCUT2D eigenvalue weighted by atomic mass is 28.2. The van der Waals surface area contributed by atoms with Gasteiger partial charge in [-0.1, -0.05) is 75.8 Å².